The Morgan fingerprint density at radius 1 is 0.900 bits per heavy atom. The summed E-state index contributed by atoms with van der Waals surface area (Å²) >= 11 is 18.7. The second-order valence-corrected chi connectivity index (χ2v) is 12.3. The van der Waals surface area contributed by atoms with E-state index in [1.54, 1.807) is 49.4 Å². The predicted octanol–water partition coefficient (Wildman–Crippen LogP) is 6.57. The van der Waals surface area contributed by atoms with Gasteiger partial charge in [-0.1, -0.05) is 85.4 Å². The fourth-order valence-electron chi connectivity index (χ4n) is 4.12. The van der Waals surface area contributed by atoms with Gasteiger partial charge in [-0.25, -0.2) is 8.42 Å². The Labute approximate surface area is 251 Å². The lowest BCUT2D eigenvalue weighted by molar-refractivity contribution is -0.140. The van der Waals surface area contributed by atoms with E-state index < -0.39 is 28.5 Å². The molecule has 1 N–H and O–H groups in total. The third kappa shape index (κ3) is 8.13. The molecule has 40 heavy (non-hydrogen) atoms. The zero-order chi connectivity index (χ0) is 29.3. The van der Waals surface area contributed by atoms with Crippen molar-refractivity contribution in [3.63, 3.8) is 0 Å². The van der Waals surface area contributed by atoms with Gasteiger partial charge in [0.25, 0.3) is 10.0 Å². The first kappa shape index (κ1) is 31.7. The lowest BCUT2D eigenvalue weighted by atomic mass is 10.1. The third-order valence-corrected chi connectivity index (χ3v) is 8.85. The molecule has 0 aliphatic rings. The van der Waals surface area contributed by atoms with Crippen LogP contribution in [0.3, 0.4) is 0 Å². The smallest absolute Gasteiger partial charge is 0.264 e. The van der Waals surface area contributed by atoms with Gasteiger partial charge in [-0.05, 0) is 60.9 Å². The third-order valence-electron chi connectivity index (χ3n) is 6.27. The molecule has 3 aromatic rings. The minimum Gasteiger partial charge on any atom is -0.354 e. The van der Waals surface area contributed by atoms with E-state index in [4.69, 9.17) is 34.8 Å². The lowest BCUT2D eigenvalue weighted by Crippen LogP contribution is -2.52. The van der Waals surface area contributed by atoms with Crippen molar-refractivity contribution in [2.75, 3.05) is 17.4 Å². The summed E-state index contributed by atoms with van der Waals surface area (Å²) < 4.78 is 28.7. The van der Waals surface area contributed by atoms with Gasteiger partial charge in [-0.15, -0.1) is 0 Å². The van der Waals surface area contributed by atoms with Crippen molar-refractivity contribution in [3.8, 4) is 0 Å². The molecule has 214 valence electrons. The Bertz CT molecular complexity index is 1400. The average Bonchev–Trinajstić information content (AvgIpc) is 2.94. The number of nitrogens with zero attached hydrogens (tertiary/aromatic N) is 2. The van der Waals surface area contributed by atoms with Crippen molar-refractivity contribution < 1.29 is 18.0 Å². The van der Waals surface area contributed by atoms with Crippen LogP contribution in [0.4, 0.5) is 5.69 Å². The van der Waals surface area contributed by atoms with E-state index in [1.807, 2.05) is 6.92 Å². The molecule has 0 heterocycles. The molecule has 3 rings (SSSR count). The average molecular weight is 625 g/mol. The number of hydrogen-bond acceptors (Lipinski definition) is 4. The zero-order valence-electron chi connectivity index (χ0n) is 22.3. The number of carbonyl (C=O) groups is 2. The summed E-state index contributed by atoms with van der Waals surface area (Å²) in [5.41, 5.74) is 0.786. The molecule has 0 aromatic heterocycles. The van der Waals surface area contributed by atoms with Crippen LogP contribution in [0.5, 0.6) is 0 Å². The summed E-state index contributed by atoms with van der Waals surface area (Å²) in [5.74, 6) is -0.889. The molecular weight excluding hydrogens is 593 g/mol. The van der Waals surface area contributed by atoms with Crippen LogP contribution in [0.2, 0.25) is 15.1 Å². The second-order valence-electron chi connectivity index (χ2n) is 9.14. The molecule has 0 fully saturated rings. The number of amides is 2. The van der Waals surface area contributed by atoms with E-state index >= 15 is 0 Å². The minimum atomic E-state index is -4.25. The Hall–Kier alpha value is -2.78. The topological polar surface area (TPSA) is 86.8 Å². The van der Waals surface area contributed by atoms with Crippen LogP contribution >= 0.6 is 34.8 Å². The Morgan fingerprint density at radius 3 is 2.17 bits per heavy atom. The molecule has 0 aliphatic heterocycles. The van der Waals surface area contributed by atoms with Crippen molar-refractivity contribution >= 4 is 62.3 Å². The minimum absolute atomic E-state index is 0.0209. The monoisotopic (exact) mass is 623 g/mol. The molecule has 1 atom stereocenters. The van der Waals surface area contributed by atoms with E-state index in [0.29, 0.717) is 18.0 Å². The summed E-state index contributed by atoms with van der Waals surface area (Å²) in [6, 6.07) is 18.2. The van der Waals surface area contributed by atoms with E-state index in [-0.39, 0.29) is 33.1 Å². The summed E-state index contributed by atoms with van der Waals surface area (Å²) in [7, 11) is -4.25. The maximum Gasteiger partial charge on any atom is 0.264 e. The first-order valence-electron chi connectivity index (χ1n) is 12.9. The van der Waals surface area contributed by atoms with Crippen LogP contribution in [-0.2, 0) is 26.2 Å². The normalized spacial score (nSPS) is 12.0. The maximum absolute atomic E-state index is 14.0. The highest BCUT2D eigenvalue weighted by atomic mass is 35.5. The largest absolute Gasteiger partial charge is 0.354 e. The van der Waals surface area contributed by atoms with Crippen LogP contribution in [0.1, 0.15) is 38.7 Å². The Morgan fingerprint density at radius 2 is 1.55 bits per heavy atom. The van der Waals surface area contributed by atoms with E-state index in [2.05, 4.69) is 5.32 Å². The molecule has 0 spiro atoms. The molecule has 0 saturated carbocycles. The van der Waals surface area contributed by atoms with Gasteiger partial charge in [-0.2, -0.15) is 0 Å². The van der Waals surface area contributed by atoms with E-state index in [0.717, 1.165) is 22.7 Å². The number of halogens is 3. The quantitative estimate of drug-likeness (QED) is 0.218. The van der Waals surface area contributed by atoms with Crippen LogP contribution in [-0.4, -0.2) is 44.3 Å². The van der Waals surface area contributed by atoms with Crippen molar-refractivity contribution in [3.05, 3.63) is 93.4 Å². The van der Waals surface area contributed by atoms with Crippen LogP contribution in [0.25, 0.3) is 0 Å². The number of hydrogen-bond donors (Lipinski definition) is 1. The standard InChI is InChI=1S/C29H32Cl3N3O4S/c1-3-5-17-33-29(37)26(4-2)34(19-21-11-13-22(30)14-12-21)28(36)20-35(27-18-23(31)15-16-25(27)32)40(38,39)24-9-7-6-8-10-24/h6-16,18,26H,3-5,17,19-20H2,1-2H3,(H,33,37). The highest BCUT2D eigenvalue weighted by Crippen LogP contribution is 2.33. The van der Waals surface area contributed by atoms with Crippen LogP contribution in [0.15, 0.2) is 77.7 Å². The van der Waals surface area contributed by atoms with E-state index in [9.17, 15) is 18.0 Å². The predicted molar refractivity (Wildman–Crippen MR) is 161 cm³/mol. The van der Waals surface area contributed by atoms with Crippen LogP contribution < -0.4 is 9.62 Å². The molecule has 7 nitrogen and oxygen atoms in total. The summed E-state index contributed by atoms with van der Waals surface area (Å²) in [4.78, 5) is 28.6. The molecule has 0 bridgehead atoms. The van der Waals surface area contributed by atoms with Crippen molar-refractivity contribution in [1.82, 2.24) is 10.2 Å². The SMILES string of the molecule is CCCCNC(=O)C(CC)N(Cc1ccc(Cl)cc1)C(=O)CN(c1cc(Cl)ccc1Cl)S(=O)(=O)c1ccccc1. The lowest BCUT2D eigenvalue weighted by Gasteiger charge is -2.33. The number of benzene rings is 3. The summed E-state index contributed by atoms with van der Waals surface area (Å²) in [6.07, 6.45) is 2.02. The molecular formula is C29H32Cl3N3O4S. The molecule has 0 saturated heterocycles. The number of nitrogens with one attached hydrogen (secondary N) is 1. The van der Waals surface area contributed by atoms with Crippen molar-refractivity contribution in [2.45, 2.75) is 50.6 Å². The number of rotatable bonds is 13. The number of sulfonamides is 1. The second kappa shape index (κ2) is 14.7. The molecule has 1 unspecified atom stereocenters. The van der Waals surface area contributed by atoms with Gasteiger partial charge in [0.05, 0.1) is 15.6 Å². The number of anilines is 1. The first-order chi connectivity index (χ1) is 19.1. The Kier molecular flexibility index (Phi) is 11.7. The summed E-state index contributed by atoms with van der Waals surface area (Å²) in [5, 5.41) is 3.78. The van der Waals surface area contributed by atoms with Crippen LogP contribution in [0, 0.1) is 0 Å². The number of unbranched alkanes of at least 4 members (excludes halogenated alkanes) is 1. The molecule has 2 amide bonds. The highest BCUT2D eigenvalue weighted by Gasteiger charge is 2.34. The van der Waals surface area contributed by atoms with Gasteiger partial charge in [0.2, 0.25) is 11.8 Å². The fraction of sp³-hybridized carbons (Fsp3) is 0.310. The summed E-state index contributed by atoms with van der Waals surface area (Å²) in [6.45, 7) is 3.75. The van der Waals surface area contributed by atoms with Gasteiger partial charge in [0.15, 0.2) is 0 Å². The molecule has 0 aliphatic carbocycles. The first-order valence-corrected chi connectivity index (χ1v) is 15.5. The van der Waals surface area contributed by atoms with Crippen molar-refractivity contribution in [1.29, 1.82) is 0 Å². The van der Waals surface area contributed by atoms with Gasteiger partial charge >= 0.3 is 0 Å². The highest BCUT2D eigenvalue weighted by molar-refractivity contribution is 7.92. The molecule has 3 aromatic carbocycles. The van der Waals surface area contributed by atoms with Gasteiger partial charge in [0, 0.05) is 23.1 Å². The van der Waals surface area contributed by atoms with Gasteiger partial charge < -0.3 is 10.2 Å². The molecule has 0 radical (unpaired) electrons. The maximum atomic E-state index is 14.0. The van der Waals surface area contributed by atoms with E-state index in [1.165, 1.54) is 35.2 Å². The van der Waals surface area contributed by atoms with Gasteiger partial charge in [-0.3, -0.25) is 13.9 Å². The molecule has 11 heteroatoms. The van der Waals surface area contributed by atoms with Crippen molar-refractivity contribution in [2.24, 2.45) is 0 Å². The fourth-order valence-corrected chi connectivity index (χ4v) is 6.13. The Balaban J connectivity index is 2.06. The van der Waals surface area contributed by atoms with Gasteiger partial charge in [0.1, 0.15) is 12.6 Å². The zero-order valence-corrected chi connectivity index (χ0v) is 25.4. The number of carbonyl (C=O) groups excluding carboxylic acids is 2.